The van der Waals surface area contributed by atoms with Crippen LogP contribution in [-0.2, 0) is 27.3 Å². The highest BCUT2D eigenvalue weighted by atomic mass is 16.5. The smallest absolute Gasteiger partial charge is 0.337 e. The average Bonchev–Trinajstić information content (AvgIpc) is 2.76. The van der Waals surface area contributed by atoms with Gasteiger partial charge in [0.2, 0.25) is 11.8 Å². The number of nitrogens with one attached hydrogen (secondary N) is 2. The molecule has 0 fully saturated rings. The largest absolute Gasteiger partial charge is 0.465 e. The van der Waals surface area contributed by atoms with Crippen LogP contribution in [0.5, 0.6) is 0 Å². The molecule has 1 unspecified atom stereocenters. The minimum Gasteiger partial charge on any atom is -0.465 e. The molecule has 0 spiro atoms. The van der Waals surface area contributed by atoms with Crippen molar-refractivity contribution >= 4 is 23.5 Å². The quantitative estimate of drug-likeness (QED) is 0.620. The third-order valence-electron chi connectivity index (χ3n) is 4.95. The Kier molecular flexibility index (Phi) is 8.55. The fourth-order valence-electron chi connectivity index (χ4n) is 2.92. The fraction of sp³-hybridized carbons (Fsp3) is 0.348. The molecule has 2 N–H and O–H groups in total. The molecule has 0 heterocycles. The second-order valence-corrected chi connectivity index (χ2v) is 7.06. The second kappa shape index (κ2) is 11.1. The summed E-state index contributed by atoms with van der Waals surface area (Å²) in [4.78, 5) is 38.0. The van der Waals surface area contributed by atoms with Gasteiger partial charge in [-0.25, -0.2) is 4.79 Å². The van der Waals surface area contributed by atoms with Crippen molar-refractivity contribution in [1.82, 2.24) is 10.2 Å². The number of aryl methyl sites for hydroxylation is 1. The van der Waals surface area contributed by atoms with Crippen LogP contribution >= 0.6 is 0 Å². The first-order valence-electron chi connectivity index (χ1n) is 9.88. The van der Waals surface area contributed by atoms with Crippen molar-refractivity contribution in [3.63, 3.8) is 0 Å². The summed E-state index contributed by atoms with van der Waals surface area (Å²) >= 11 is 0. The number of esters is 1. The van der Waals surface area contributed by atoms with Gasteiger partial charge < -0.3 is 15.4 Å². The number of hydrogen-bond acceptors (Lipinski definition) is 5. The van der Waals surface area contributed by atoms with Crippen LogP contribution in [0.25, 0.3) is 0 Å². The van der Waals surface area contributed by atoms with Gasteiger partial charge in [0.15, 0.2) is 0 Å². The minimum absolute atomic E-state index is 0.0977. The average molecular weight is 412 g/mol. The summed E-state index contributed by atoms with van der Waals surface area (Å²) in [6.07, 6.45) is 0.825. The van der Waals surface area contributed by atoms with E-state index in [0.29, 0.717) is 12.1 Å². The summed E-state index contributed by atoms with van der Waals surface area (Å²) in [6, 6.07) is 14.0. The molecule has 0 aromatic heterocycles. The van der Waals surface area contributed by atoms with E-state index in [9.17, 15) is 14.4 Å². The SMILES string of the molecule is CCc1ccccc1NC(=O)CN(C)C(C)C(=O)NCc1ccc(C(=O)OC)cc1. The molecule has 0 saturated carbocycles. The van der Waals surface area contributed by atoms with Crippen LogP contribution in [0.2, 0.25) is 0 Å². The van der Waals surface area contributed by atoms with Gasteiger partial charge in [0.1, 0.15) is 0 Å². The molecule has 0 bridgehead atoms. The van der Waals surface area contributed by atoms with Gasteiger partial charge in [0.25, 0.3) is 0 Å². The van der Waals surface area contributed by atoms with Crippen molar-refractivity contribution in [2.75, 3.05) is 26.0 Å². The highest BCUT2D eigenvalue weighted by Gasteiger charge is 2.20. The summed E-state index contributed by atoms with van der Waals surface area (Å²) in [6.45, 7) is 4.21. The third kappa shape index (κ3) is 6.42. The topological polar surface area (TPSA) is 87.7 Å². The van der Waals surface area contributed by atoms with Crippen molar-refractivity contribution in [3.05, 3.63) is 65.2 Å². The zero-order valence-electron chi connectivity index (χ0n) is 17.9. The van der Waals surface area contributed by atoms with E-state index >= 15 is 0 Å². The van der Waals surface area contributed by atoms with Crippen molar-refractivity contribution in [1.29, 1.82) is 0 Å². The van der Waals surface area contributed by atoms with Crippen LogP contribution in [0.4, 0.5) is 5.69 Å². The summed E-state index contributed by atoms with van der Waals surface area (Å²) in [5.74, 6) is -0.756. The van der Waals surface area contributed by atoms with Crippen LogP contribution in [0.3, 0.4) is 0 Å². The molecule has 7 heteroatoms. The number of anilines is 1. The first kappa shape index (κ1) is 23.1. The summed E-state index contributed by atoms with van der Waals surface area (Å²) in [7, 11) is 3.07. The number of rotatable bonds is 9. The van der Waals surface area contributed by atoms with E-state index in [1.807, 2.05) is 31.2 Å². The molecule has 7 nitrogen and oxygen atoms in total. The first-order valence-corrected chi connectivity index (χ1v) is 9.88. The maximum absolute atomic E-state index is 12.5. The van der Waals surface area contributed by atoms with Crippen LogP contribution in [0, 0.1) is 0 Å². The Morgan fingerprint density at radius 2 is 1.73 bits per heavy atom. The van der Waals surface area contributed by atoms with E-state index in [1.54, 1.807) is 43.1 Å². The van der Waals surface area contributed by atoms with Gasteiger partial charge in [-0.3, -0.25) is 14.5 Å². The molecule has 0 aliphatic carbocycles. The van der Waals surface area contributed by atoms with Crippen molar-refractivity contribution in [3.8, 4) is 0 Å². The zero-order chi connectivity index (χ0) is 22.1. The number of benzene rings is 2. The Morgan fingerprint density at radius 1 is 1.07 bits per heavy atom. The van der Waals surface area contributed by atoms with Gasteiger partial charge in [-0.15, -0.1) is 0 Å². The molecule has 160 valence electrons. The monoisotopic (exact) mass is 411 g/mol. The van der Waals surface area contributed by atoms with Crippen LogP contribution in [-0.4, -0.2) is 49.4 Å². The van der Waals surface area contributed by atoms with E-state index in [2.05, 4.69) is 15.4 Å². The molecule has 0 aliphatic rings. The highest BCUT2D eigenvalue weighted by Crippen LogP contribution is 2.15. The zero-order valence-corrected chi connectivity index (χ0v) is 17.9. The predicted molar refractivity (Wildman–Crippen MR) is 116 cm³/mol. The number of ether oxygens (including phenoxy) is 1. The number of carbonyl (C=O) groups excluding carboxylic acids is 3. The Labute approximate surface area is 177 Å². The number of para-hydroxylation sites is 1. The van der Waals surface area contributed by atoms with Gasteiger partial charge in [-0.2, -0.15) is 0 Å². The van der Waals surface area contributed by atoms with Crippen LogP contribution in [0.1, 0.15) is 35.3 Å². The minimum atomic E-state index is -0.480. The molecule has 0 saturated heterocycles. The highest BCUT2D eigenvalue weighted by molar-refractivity contribution is 5.93. The van der Waals surface area contributed by atoms with Gasteiger partial charge in [0, 0.05) is 12.2 Å². The van der Waals surface area contributed by atoms with Crippen LogP contribution < -0.4 is 10.6 Å². The van der Waals surface area contributed by atoms with Crippen LogP contribution in [0.15, 0.2) is 48.5 Å². The third-order valence-corrected chi connectivity index (χ3v) is 4.95. The maximum atomic E-state index is 12.5. The van der Waals surface area contributed by atoms with Gasteiger partial charge in [0.05, 0.1) is 25.3 Å². The second-order valence-electron chi connectivity index (χ2n) is 7.06. The van der Waals surface area contributed by atoms with E-state index in [4.69, 9.17) is 0 Å². The van der Waals surface area contributed by atoms with E-state index < -0.39 is 12.0 Å². The number of hydrogen-bond donors (Lipinski definition) is 2. The van der Waals surface area contributed by atoms with Crippen molar-refractivity contribution in [2.45, 2.75) is 32.9 Å². The van der Waals surface area contributed by atoms with E-state index in [0.717, 1.165) is 23.2 Å². The molecule has 2 amide bonds. The molecular weight excluding hydrogens is 382 g/mol. The van der Waals surface area contributed by atoms with Gasteiger partial charge in [-0.05, 0) is 49.7 Å². The lowest BCUT2D eigenvalue weighted by molar-refractivity contribution is -0.126. The molecule has 1 atom stereocenters. The molecule has 2 aromatic carbocycles. The van der Waals surface area contributed by atoms with Crippen molar-refractivity contribution < 1.29 is 19.1 Å². The Balaban J connectivity index is 1.84. The lowest BCUT2D eigenvalue weighted by Crippen LogP contribution is -2.45. The number of carbonyl (C=O) groups is 3. The van der Waals surface area contributed by atoms with Gasteiger partial charge in [-0.1, -0.05) is 37.3 Å². The standard InChI is InChI=1S/C23H29N3O4/c1-5-18-8-6-7-9-20(18)25-21(27)15-26(3)16(2)22(28)24-14-17-10-12-19(13-11-17)23(29)30-4/h6-13,16H,5,14-15H2,1-4H3,(H,24,28)(H,25,27). The molecule has 30 heavy (non-hydrogen) atoms. The number of amides is 2. The number of likely N-dealkylation sites (N-methyl/N-ethyl adjacent to an activating group) is 1. The Hall–Kier alpha value is -3.19. The van der Waals surface area contributed by atoms with Gasteiger partial charge >= 0.3 is 5.97 Å². The number of methoxy groups -OCH3 is 1. The lowest BCUT2D eigenvalue weighted by atomic mass is 10.1. The molecular formula is C23H29N3O4. The predicted octanol–water partition coefficient (Wildman–Crippen LogP) is 2.61. The number of nitrogens with zero attached hydrogens (tertiary/aromatic N) is 1. The summed E-state index contributed by atoms with van der Waals surface area (Å²) in [5, 5.41) is 5.77. The fourth-order valence-corrected chi connectivity index (χ4v) is 2.92. The van der Waals surface area contributed by atoms with Crippen molar-refractivity contribution in [2.24, 2.45) is 0 Å². The first-order chi connectivity index (χ1) is 14.3. The summed E-state index contributed by atoms with van der Waals surface area (Å²) < 4.78 is 4.67. The Bertz CT molecular complexity index is 880. The Morgan fingerprint density at radius 3 is 2.37 bits per heavy atom. The van der Waals surface area contributed by atoms with E-state index in [1.165, 1.54) is 7.11 Å². The summed E-state index contributed by atoms with van der Waals surface area (Å²) in [5.41, 5.74) is 3.18. The van der Waals surface area contributed by atoms with E-state index in [-0.39, 0.29) is 18.4 Å². The molecule has 2 rings (SSSR count). The molecule has 2 aromatic rings. The lowest BCUT2D eigenvalue weighted by Gasteiger charge is -2.23. The molecule has 0 aliphatic heterocycles. The molecule has 0 radical (unpaired) electrons. The normalized spacial score (nSPS) is 11.6. The maximum Gasteiger partial charge on any atom is 0.337 e.